The number of nitrogens with one attached hydrogen (secondary N) is 1. The van der Waals surface area contributed by atoms with Crippen molar-refractivity contribution in [2.45, 2.75) is 32.9 Å². The summed E-state index contributed by atoms with van der Waals surface area (Å²) in [5.41, 5.74) is 2.19. The topological polar surface area (TPSA) is 54.5 Å². The minimum absolute atomic E-state index is 0.0404. The Morgan fingerprint density at radius 3 is 2.88 bits per heavy atom. The minimum atomic E-state index is -0.0404. The van der Waals surface area contributed by atoms with E-state index < -0.39 is 0 Å². The van der Waals surface area contributed by atoms with Crippen molar-refractivity contribution in [3.05, 3.63) is 51.5 Å². The number of amides is 2. The normalized spacial score (nSPS) is 17.8. The molecule has 1 aromatic carbocycles. The van der Waals surface area contributed by atoms with Crippen LogP contribution in [0.15, 0.2) is 30.3 Å². The summed E-state index contributed by atoms with van der Waals surface area (Å²) in [7, 11) is 0. The van der Waals surface area contributed by atoms with Gasteiger partial charge >= 0.3 is 6.03 Å². The SMILES string of the molecule is Cc1nc(CNC(=O)N2CCOC(Cc3ccccc3)C2)c(C)s1. The molecule has 3 rings (SSSR count). The summed E-state index contributed by atoms with van der Waals surface area (Å²) in [5, 5.41) is 4.02. The summed E-state index contributed by atoms with van der Waals surface area (Å²) < 4.78 is 5.82. The van der Waals surface area contributed by atoms with Crippen LogP contribution in [-0.4, -0.2) is 41.7 Å². The van der Waals surface area contributed by atoms with E-state index in [1.54, 1.807) is 11.3 Å². The van der Waals surface area contributed by atoms with E-state index in [9.17, 15) is 4.79 Å². The van der Waals surface area contributed by atoms with E-state index in [0.29, 0.717) is 26.2 Å². The lowest BCUT2D eigenvalue weighted by molar-refractivity contribution is -0.0133. The highest BCUT2D eigenvalue weighted by Gasteiger charge is 2.24. The number of nitrogens with zero attached hydrogens (tertiary/aromatic N) is 2. The van der Waals surface area contributed by atoms with Crippen LogP contribution >= 0.6 is 11.3 Å². The van der Waals surface area contributed by atoms with Crippen LogP contribution in [0.3, 0.4) is 0 Å². The molecule has 1 saturated heterocycles. The van der Waals surface area contributed by atoms with Crippen molar-refractivity contribution >= 4 is 17.4 Å². The molecule has 1 fully saturated rings. The summed E-state index contributed by atoms with van der Waals surface area (Å²) in [6, 6.07) is 10.2. The monoisotopic (exact) mass is 345 g/mol. The third-order valence-electron chi connectivity index (χ3n) is 4.14. The van der Waals surface area contributed by atoms with E-state index in [1.807, 2.05) is 36.9 Å². The molecule has 24 heavy (non-hydrogen) atoms. The van der Waals surface area contributed by atoms with E-state index in [2.05, 4.69) is 22.4 Å². The van der Waals surface area contributed by atoms with Gasteiger partial charge in [0.2, 0.25) is 0 Å². The first-order valence-corrected chi connectivity index (χ1v) is 9.04. The fraction of sp³-hybridized carbons (Fsp3) is 0.444. The average Bonchev–Trinajstić information content (AvgIpc) is 2.91. The number of hydrogen-bond acceptors (Lipinski definition) is 4. The van der Waals surface area contributed by atoms with E-state index in [-0.39, 0.29) is 12.1 Å². The molecule has 1 aliphatic heterocycles. The van der Waals surface area contributed by atoms with Crippen LogP contribution in [0.2, 0.25) is 0 Å². The highest BCUT2D eigenvalue weighted by Crippen LogP contribution is 2.16. The van der Waals surface area contributed by atoms with Gasteiger partial charge in [0, 0.05) is 24.4 Å². The Morgan fingerprint density at radius 2 is 2.17 bits per heavy atom. The molecule has 0 spiro atoms. The van der Waals surface area contributed by atoms with Gasteiger partial charge in [-0.25, -0.2) is 9.78 Å². The number of aromatic nitrogens is 1. The summed E-state index contributed by atoms with van der Waals surface area (Å²) in [4.78, 5) is 19.9. The van der Waals surface area contributed by atoms with Crippen molar-refractivity contribution in [1.82, 2.24) is 15.2 Å². The van der Waals surface area contributed by atoms with Crippen LogP contribution in [-0.2, 0) is 17.7 Å². The number of rotatable bonds is 4. The smallest absolute Gasteiger partial charge is 0.317 e. The van der Waals surface area contributed by atoms with Crippen molar-refractivity contribution in [2.75, 3.05) is 19.7 Å². The van der Waals surface area contributed by atoms with Crippen molar-refractivity contribution in [1.29, 1.82) is 0 Å². The van der Waals surface area contributed by atoms with Gasteiger partial charge in [-0.1, -0.05) is 30.3 Å². The van der Waals surface area contributed by atoms with Gasteiger partial charge in [0.25, 0.3) is 0 Å². The minimum Gasteiger partial charge on any atom is -0.374 e. The summed E-state index contributed by atoms with van der Waals surface area (Å²) in [6.07, 6.45) is 0.879. The van der Waals surface area contributed by atoms with Crippen LogP contribution < -0.4 is 5.32 Å². The van der Waals surface area contributed by atoms with Crippen LogP contribution in [0.5, 0.6) is 0 Å². The van der Waals surface area contributed by atoms with E-state index >= 15 is 0 Å². The maximum absolute atomic E-state index is 12.4. The summed E-state index contributed by atoms with van der Waals surface area (Å²) in [5.74, 6) is 0. The van der Waals surface area contributed by atoms with Gasteiger partial charge in [-0.2, -0.15) is 0 Å². The maximum Gasteiger partial charge on any atom is 0.317 e. The average molecular weight is 345 g/mol. The van der Waals surface area contributed by atoms with Crippen LogP contribution in [0.25, 0.3) is 0 Å². The second kappa shape index (κ2) is 7.77. The molecule has 6 heteroatoms. The van der Waals surface area contributed by atoms with Crippen LogP contribution in [0.4, 0.5) is 4.79 Å². The number of carbonyl (C=O) groups excluding carboxylic acids is 1. The molecule has 0 radical (unpaired) electrons. The largest absolute Gasteiger partial charge is 0.374 e. The number of hydrogen-bond donors (Lipinski definition) is 1. The molecule has 0 saturated carbocycles. The van der Waals surface area contributed by atoms with Crippen molar-refractivity contribution in [3.8, 4) is 0 Å². The zero-order valence-electron chi connectivity index (χ0n) is 14.1. The molecule has 128 valence electrons. The molecule has 1 N–H and O–H groups in total. The number of aryl methyl sites for hydroxylation is 2. The van der Waals surface area contributed by atoms with E-state index in [0.717, 1.165) is 22.0 Å². The first kappa shape index (κ1) is 16.9. The standard InChI is InChI=1S/C18H23N3O2S/c1-13-17(20-14(2)24-13)11-19-18(22)21-8-9-23-16(12-21)10-15-6-4-3-5-7-15/h3-7,16H,8-12H2,1-2H3,(H,19,22). The molecular weight excluding hydrogens is 322 g/mol. The lowest BCUT2D eigenvalue weighted by Crippen LogP contribution is -2.50. The Labute approximate surface area is 146 Å². The van der Waals surface area contributed by atoms with Gasteiger partial charge < -0.3 is 15.0 Å². The molecule has 1 unspecified atom stereocenters. The van der Waals surface area contributed by atoms with Crippen molar-refractivity contribution < 1.29 is 9.53 Å². The Balaban J connectivity index is 1.52. The molecule has 2 aromatic rings. The maximum atomic E-state index is 12.4. The predicted molar refractivity (Wildman–Crippen MR) is 95.3 cm³/mol. The fourth-order valence-electron chi connectivity index (χ4n) is 2.91. The second-order valence-corrected chi connectivity index (χ2v) is 7.43. The molecule has 1 aliphatic rings. The Kier molecular flexibility index (Phi) is 5.48. The van der Waals surface area contributed by atoms with E-state index in [1.165, 1.54) is 5.56 Å². The number of morpholine rings is 1. The molecule has 1 atom stereocenters. The van der Waals surface area contributed by atoms with Gasteiger partial charge in [0.15, 0.2) is 0 Å². The third-order valence-corrected chi connectivity index (χ3v) is 5.07. The first-order chi connectivity index (χ1) is 11.6. The molecule has 2 heterocycles. The molecule has 5 nitrogen and oxygen atoms in total. The zero-order chi connectivity index (χ0) is 16.9. The fourth-order valence-corrected chi connectivity index (χ4v) is 3.75. The number of thiazole rings is 1. The molecule has 2 amide bonds. The third kappa shape index (κ3) is 4.33. The molecule has 0 bridgehead atoms. The van der Waals surface area contributed by atoms with Gasteiger partial charge in [0.05, 0.1) is 30.0 Å². The van der Waals surface area contributed by atoms with Crippen molar-refractivity contribution in [3.63, 3.8) is 0 Å². The number of benzene rings is 1. The molecule has 0 aliphatic carbocycles. The highest BCUT2D eigenvalue weighted by atomic mass is 32.1. The number of carbonyl (C=O) groups is 1. The number of ether oxygens (including phenoxy) is 1. The van der Waals surface area contributed by atoms with E-state index in [4.69, 9.17) is 4.74 Å². The highest BCUT2D eigenvalue weighted by molar-refractivity contribution is 7.11. The lowest BCUT2D eigenvalue weighted by Gasteiger charge is -2.33. The first-order valence-electron chi connectivity index (χ1n) is 8.23. The summed E-state index contributed by atoms with van der Waals surface area (Å²) >= 11 is 1.66. The van der Waals surface area contributed by atoms with Gasteiger partial charge in [-0.3, -0.25) is 0 Å². The Morgan fingerprint density at radius 1 is 1.38 bits per heavy atom. The van der Waals surface area contributed by atoms with Gasteiger partial charge in [-0.15, -0.1) is 11.3 Å². The molecular formula is C18H23N3O2S. The van der Waals surface area contributed by atoms with Crippen LogP contribution in [0.1, 0.15) is 21.1 Å². The number of urea groups is 1. The zero-order valence-corrected chi connectivity index (χ0v) is 14.9. The molecule has 1 aromatic heterocycles. The van der Waals surface area contributed by atoms with Crippen molar-refractivity contribution in [2.24, 2.45) is 0 Å². The predicted octanol–water partition coefficient (Wildman–Crippen LogP) is 2.91. The van der Waals surface area contributed by atoms with Crippen LogP contribution in [0, 0.1) is 13.8 Å². The Hall–Kier alpha value is -1.92. The van der Waals surface area contributed by atoms with Gasteiger partial charge in [-0.05, 0) is 19.4 Å². The van der Waals surface area contributed by atoms with Gasteiger partial charge in [0.1, 0.15) is 0 Å². The quantitative estimate of drug-likeness (QED) is 0.927. The Bertz CT molecular complexity index is 687. The summed E-state index contributed by atoms with van der Waals surface area (Å²) in [6.45, 7) is 6.34. The lowest BCUT2D eigenvalue weighted by atomic mass is 10.1. The second-order valence-electron chi connectivity index (χ2n) is 6.02.